The lowest BCUT2D eigenvalue weighted by molar-refractivity contribution is 0.0904. The molecule has 1 aromatic carbocycles. The zero-order valence-electron chi connectivity index (χ0n) is 12.9. The first-order chi connectivity index (χ1) is 10.6. The average molecular weight is 306 g/mol. The number of halogens is 1. The third-order valence-electron chi connectivity index (χ3n) is 4.97. The highest BCUT2D eigenvalue weighted by atomic mass is 19.1. The predicted molar refractivity (Wildman–Crippen MR) is 82.2 cm³/mol. The van der Waals surface area contributed by atoms with Crippen molar-refractivity contribution in [3.8, 4) is 0 Å². The number of aliphatic hydroxyl groups excluding tert-OH is 1. The normalized spacial score (nSPS) is 29.0. The molecule has 4 nitrogen and oxygen atoms in total. The van der Waals surface area contributed by atoms with Gasteiger partial charge in [0.15, 0.2) is 0 Å². The van der Waals surface area contributed by atoms with E-state index >= 15 is 0 Å². The van der Waals surface area contributed by atoms with Gasteiger partial charge in [-0.1, -0.05) is 6.07 Å². The first-order valence-electron chi connectivity index (χ1n) is 8.04. The van der Waals surface area contributed by atoms with E-state index in [1.54, 1.807) is 19.1 Å². The van der Waals surface area contributed by atoms with Crippen LogP contribution < -0.4 is 5.32 Å². The highest BCUT2D eigenvalue weighted by molar-refractivity contribution is 5.95. The van der Waals surface area contributed by atoms with E-state index in [1.165, 1.54) is 6.07 Å². The first kappa shape index (κ1) is 15.4. The van der Waals surface area contributed by atoms with E-state index in [9.17, 15) is 14.3 Å². The Morgan fingerprint density at radius 2 is 2.18 bits per heavy atom. The van der Waals surface area contributed by atoms with Crippen LogP contribution in [-0.4, -0.2) is 47.2 Å². The molecular formula is C17H23FN2O2. The number of amides is 1. The summed E-state index contributed by atoms with van der Waals surface area (Å²) in [5, 5.41) is 12.8. The van der Waals surface area contributed by atoms with Crippen molar-refractivity contribution in [1.82, 2.24) is 10.2 Å². The zero-order chi connectivity index (χ0) is 15.7. The van der Waals surface area contributed by atoms with Gasteiger partial charge < -0.3 is 10.4 Å². The maximum absolute atomic E-state index is 13.6. The molecule has 1 saturated heterocycles. The topological polar surface area (TPSA) is 52.6 Å². The Morgan fingerprint density at radius 3 is 2.91 bits per heavy atom. The molecule has 0 spiro atoms. The van der Waals surface area contributed by atoms with Crippen LogP contribution in [0.15, 0.2) is 18.2 Å². The van der Waals surface area contributed by atoms with Crippen LogP contribution in [0.5, 0.6) is 0 Å². The number of benzene rings is 1. The van der Waals surface area contributed by atoms with Gasteiger partial charge in [-0.2, -0.15) is 0 Å². The third kappa shape index (κ3) is 3.01. The number of rotatable bonds is 3. The third-order valence-corrected chi connectivity index (χ3v) is 4.97. The molecule has 0 radical (unpaired) electrons. The lowest BCUT2D eigenvalue weighted by Gasteiger charge is -2.30. The summed E-state index contributed by atoms with van der Waals surface area (Å²) < 4.78 is 13.6. The smallest absolute Gasteiger partial charge is 0.251 e. The molecule has 22 heavy (non-hydrogen) atoms. The summed E-state index contributed by atoms with van der Waals surface area (Å²) in [7, 11) is 0. The van der Waals surface area contributed by atoms with E-state index in [-0.39, 0.29) is 29.9 Å². The summed E-state index contributed by atoms with van der Waals surface area (Å²) in [5.74, 6) is -0.549. The summed E-state index contributed by atoms with van der Waals surface area (Å²) in [4.78, 5) is 14.7. The number of aliphatic hydroxyl groups is 1. The van der Waals surface area contributed by atoms with Crippen LogP contribution in [0.1, 0.15) is 41.6 Å². The van der Waals surface area contributed by atoms with Gasteiger partial charge in [0.05, 0.1) is 6.10 Å². The van der Waals surface area contributed by atoms with E-state index < -0.39 is 0 Å². The van der Waals surface area contributed by atoms with Gasteiger partial charge in [0.2, 0.25) is 0 Å². The summed E-state index contributed by atoms with van der Waals surface area (Å²) in [5.41, 5.74) is 0.804. The van der Waals surface area contributed by atoms with Gasteiger partial charge in [-0.3, -0.25) is 9.69 Å². The molecule has 2 N–H and O–H groups in total. The van der Waals surface area contributed by atoms with Crippen LogP contribution in [-0.2, 0) is 0 Å². The Hall–Kier alpha value is -1.46. The van der Waals surface area contributed by atoms with Crippen LogP contribution in [0, 0.1) is 12.7 Å². The molecule has 0 bridgehead atoms. The average Bonchev–Trinajstić information content (AvgIpc) is 3.10. The molecule has 1 unspecified atom stereocenters. The molecule has 3 rings (SSSR count). The maximum atomic E-state index is 13.6. The number of likely N-dealkylation sites (tertiary alicyclic amines) is 1. The fourth-order valence-corrected chi connectivity index (χ4v) is 3.71. The maximum Gasteiger partial charge on any atom is 0.251 e. The minimum Gasteiger partial charge on any atom is -0.392 e. The largest absolute Gasteiger partial charge is 0.392 e. The van der Waals surface area contributed by atoms with Gasteiger partial charge in [-0.15, -0.1) is 0 Å². The van der Waals surface area contributed by atoms with Gasteiger partial charge in [-0.25, -0.2) is 4.39 Å². The molecule has 5 heteroatoms. The molecule has 120 valence electrons. The van der Waals surface area contributed by atoms with Crippen molar-refractivity contribution in [3.63, 3.8) is 0 Å². The van der Waals surface area contributed by atoms with Crippen molar-refractivity contribution in [3.05, 3.63) is 35.1 Å². The SMILES string of the molecule is Cc1c(F)cccc1C(=O)N[C@@H]1CCC[C@@H]1N1CCC(O)C1. The second kappa shape index (κ2) is 6.34. The van der Waals surface area contributed by atoms with Crippen molar-refractivity contribution in [1.29, 1.82) is 0 Å². The second-order valence-electron chi connectivity index (χ2n) is 6.43. The van der Waals surface area contributed by atoms with Crippen LogP contribution in [0.3, 0.4) is 0 Å². The molecule has 2 aliphatic rings. The minimum atomic E-state index is -0.349. The molecular weight excluding hydrogens is 283 g/mol. The monoisotopic (exact) mass is 306 g/mol. The molecule has 1 aliphatic carbocycles. The predicted octanol–water partition coefficient (Wildman–Crippen LogP) is 1.85. The molecule has 1 heterocycles. The number of β-amino-alcohol motifs (C(OH)–C–C–N with tert-alkyl or cyclic N) is 1. The van der Waals surface area contributed by atoms with Gasteiger partial charge in [-0.05, 0) is 50.3 Å². The van der Waals surface area contributed by atoms with Crippen molar-refractivity contribution in [2.45, 2.75) is 50.8 Å². The van der Waals surface area contributed by atoms with Crippen molar-refractivity contribution >= 4 is 5.91 Å². The summed E-state index contributed by atoms with van der Waals surface area (Å²) in [6, 6.07) is 4.98. The van der Waals surface area contributed by atoms with Gasteiger partial charge in [0.25, 0.3) is 5.91 Å². The van der Waals surface area contributed by atoms with E-state index in [1.807, 2.05) is 0 Å². The summed E-state index contributed by atoms with van der Waals surface area (Å²) in [6.07, 6.45) is 3.62. The second-order valence-corrected chi connectivity index (χ2v) is 6.43. The standard InChI is InChI=1S/C17H23FN2O2/c1-11-13(4-2-5-14(11)18)17(22)19-15-6-3-7-16(15)20-9-8-12(21)10-20/h2,4-5,12,15-16,21H,3,6-10H2,1H3,(H,19,22)/t12?,15-,16+/m1/s1. The van der Waals surface area contributed by atoms with Gasteiger partial charge >= 0.3 is 0 Å². The Kier molecular flexibility index (Phi) is 4.45. The number of nitrogens with zero attached hydrogens (tertiary/aromatic N) is 1. The molecule has 1 aromatic rings. The van der Waals surface area contributed by atoms with E-state index in [0.717, 1.165) is 32.2 Å². The van der Waals surface area contributed by atoms with E-state index in [4.69, 9.17) is 0 Å². The molecule has 0 aromatic heterocycles. The number of hydrogen-bond acceptors (Lipinski definition) is 3. The van der Waals surface area contributed by atoms with Crippen LogP contribution in [0.2, 0.25) is 0 Å². The minimum absolute atomic E-state index is 0.0838. The Bertz CT molecular complexity index is 564. The van der Waals surface area contributed by atoms with Gasteiger partial charge in [0.1, 0.15) is 5.82 Å². The number of nitrogens with one attached hydrogen (secondary N) is 1. The van der Waals surface area contributed by atoms with E-state index in [0.29, 0.717) is 17.7 Å². The summed E-state index contributed by atoms with van der Waals surface area (Å²) >= 11 is 0. The van der Waals surface area contributed by atoms with Crippen LogP contribution in [0.25, 0.3) is 0 Å². The van der Waals surface area contributed by atoms with E-state index in [2.05, 4.69) is 10.2 Å². The zero-order valence-corrected chi connectivity index (χ0v) is 12.9. The molecule has 1 aliphatic heterocycles. The lowest BCUT2D eigenvalue weighted by atomic mass is 10.1. The highest BCUT2D eigenvalue weighted by Gasteiger charge is 2.36. The van der Waals surface area contributed by atoms with Crippen LogP contribution in [0.4, 0.5) is 4.39 Å². The highest BCUT2D eigenvalue weighted by Crippen LogP contribution is 2.27. The molecule has 3 atom stereocenters. The quantitative estimate of drug-likeness (QED) is 0.896. The molecule has 1 amide bonds. The van der Waals surface area contributed by atoms with Crippen molar-refractivity contribution < 1.29 is 14.3 Å². The Labute approximate surface area is 130 Å². The fourth-order valence-electron chi connectivity index (χ4n) is 3.71. The number of hydrogen-bond donors (Lipinski definition) is 2. The lowest BCUT2D eigenvalue weighted by Crippen LogP contribution is -2.48. The fraction of sp³-hybridized carbons (Fsp3) is 0.588. The van der Waals surface area contributed by atoms with Crippen molar-refractivity contribution in [2.24, 2.45) is 0 Å². The molecule has 2 fully saturated rings. The molecule has 1 saturated carbocycles. The Balaban J connectivity index is 1.69. The summed E-state index contributed by atoms with van der Waals surface area (Å²) in [6.45, 7) is 3.21. The number of carbonyl (C=O) groups is 1. The van der Waals surface area contributed by atoms with Crippen LogP contribution >= 0.6 is 0 Å². The van der Waals surface area contributed by atoms with Crippen molar-refractivity contribution in [2.75, 3.05) is 13.1 Å². The first-order valence-corrected chi connectivity index (χ1v) is 8.04. The van der Waals surface area contributed by atoms with Gasteiger partial charge in [0, 0.05) is 30.7 Å². The number of carbonyl (C=O) groups excluding carboxylic acids is 1. The Morgan fingerprint density at radius 1 is 1.36 bits per heavy atom.